The summed E-state index contributed by atoms with van der Waals surface area (Å²) in [6.45, 7) is 0. The van der Waals surface area contributed by atoms with Crippen LogP contribution in [0.15, 0.2) is 132 Å². The van der Waals surface area contributed by atoms with Gasteiger partial charge in [0.15, 0.2) is 0 Å². The first kappa shape index (κ1) is 27.1. The number of pyridine rings is 3. The molecule has 4 nitrogen and oxygen atoms in total. The van der Waals surface area contributed by atoms with Crippen LogP contribution in [0.25, 0.3) is 44.6 Å². The molecule has 0 N–H and O–H groups in total. The smallest absolute Gasteiger partial charge is 0.216 e. The molecule has 1 radical (unpaired) electrons. The van der Waals surface area contributed by atoms with Crippen LogP contribution in [0.5, 0.6) is 0 Å². The van der Waals surface area contributed by atoms with Gasteiger partial charge in [-0.2, -0.15) is 0 Å². The minimum atomic E-state index is 0. The summed E-state index contributed by atoms with van der Waals surface area (Å²) < 4.78 is 6.15. The second-order valence-electron chi connectivity index (χ2n) is 9.04. The zero-order chi connectivity index (χ0) is 26.3. The third kappa shape index (κ3) is 6.23. The third-order valence-corrected chi connectivity index (χ3v) is 6.44. The Kier molecular flexibility index (Phi) is 8.87. The number of hydrogen-bond acceptors (Lipinski definition) is 4. The fourth-order valence-corrected chi connectivity index (χ4v) is 4.49. The van der Waals surface area contributed by atoms with Gasteiger partial charge in [0.1, 0.15) is 0 Å². The van der Waals surface area contributed by atoms with E-state index in [1.165, 1.54) is 5.56 Å². The molecular weight excluding hydrogens is 671 g/mol. The molecular formula is C35H25IrN3O-2. The summed E-state index contributed by atoms with van der Waals surface area (Å²) in [6, 6.07) is 44.6. The SMILES string of the molecule is [Ir].[c-]1ccc2c(oc3nc(CCc4ccccc4)ccc32)c1-c1ccccn1.[c-]1ccccc1-c1ccccn1. The number of aromatic nitrogens is 3. The molecule has 0 aliphatic heterocycles. The van der Waals surface area contributed by atoms with E-state index in [9.17, 15) is 0 Å². The van der Waals surface area contributed by atoms with Crippen molar-refractivity contribution in [2.45, 2.75) is 12.8 Å². The summed E-state index contributed by atoms with van der Waals surface area (Å²) in [5, 5.41) is 2.08. The van der Waals surface area contributed by atoms with Crippen molar-refractivity contribution in [3.05, 3.63) is 151 Å². The minimum absolute atomic E-state index is 0. The Morgan fingerprint density at radius 2 is 1.35 bits per heavy atom. The summed E-state index contributed by atoms with van der Waals surface area (Å²) >= 11 is 0. The monoisotopic (exact) mass is 696 g/mol. The van der Waals surface area contributed by atoms with Crippen LogP contribution in [0.4, 0.5) is 0 Å². The Hall–Kier alpha value is -4.44. The second kappa shape index (κ2) is 13.1. The van der Waals surface area contributed by atoms with Crippen molar-refractivity contribution in [3.63, 3.8) is 0 Å². The van der Waals surface area contributed by atoms with Gasteiger partial charge in [-0.3, -0.25) is 0 Å². The predicted molar refractivity (Wildman–Crippen MR) is 156 cm³/mol. The van der Waals surface area contributed by atoms with Gasteiger partial charge in [0.05, 0.1) is 5.58 Å². The Balaban J connectivity index is 0.000000209. The van der Waals surface area contributed by atoms with Crippen LogP contribution in [-0.2, 0) is 32.9 Å². The molecule has 40 heavy (non-hydrogen) atoms. The molecule has 0 aliphatic carbocycles. The largest absolute Gasteiger partial charge is 0.486 e. The predicted octanol–water partition coefficient (Wildman–Crippen LogP) is 8.17. The van der Waals surface area contributed by atoms with Crippen molar-refractivity contribution in [2.24, 2.45) is 0 Å². The van der Waals surface area contributed by atoms with Gasteiger partial charge in [-0.15, -0.1) is 54.1 Å². The van der Waals surface area contributed by atoms with Crippen molar-refractivity contribution in [1.82, 2.24) is 15.0 Å². The zero-order valence-corrected chi connectivity index (χ0v) is 24.0. The van der Waals surface area contributed by atoms with Gasteiger partial charge in [-0.25, -0.2) is 4.98 Å². The molecule has 0 amide bonds. The molecule has 0 atom stereocenters. The molecule has 5 heteroatoms. The molecule has 0 spiro atoms. The molecule has 7 aromatic rings. The molecule has 197 valence electrons. The van der Waals surface area contributed by atoms with E-state index in [-0.39, 0.29) is 20.1 Å². The second-order valence-corrected chi connectivity index (χ2v) is 9.04. The summed E-state index contributed by atoms with van der Waals surface area (Å²) in [7, 11) is 0. The Bertz CT molecular complexity index is 1750. The quantitative estimate of drug-likeness (QED) is 0.171. The van der Waals surface area contributed by atoms with E-state index in [1.807, 2.05) is 78.9 Å². The molecule has 0 saturated carbocycles. The van der Waals surface area contributed by atoms with Crippen LogP contribution in [0.2, 0.25) is 0 Å². The normalized spacial score (nSPS) is 10.5. The molecule has 0 fully saturated rings. The molecule has 4 heterocycles. The number of nitrogens with zero attached hydrogens (tertiary/aromatic N) is 3. The molecule has 4 aromatic heterocycles. The average molecular weight is 696 g/mol. The van der Waals surface area contributed by atoms with Crippen molar-refractivity contribution in [2.75, 3.05) is 0 Å². The van der Waals surface area contributed by atoms with Gasteiger partial charge in [0.2, 0.25) is 5.71 Å². The van der Waals surface area contributed by atoms with E-state index >= 15 is 0 Å². The van der Waals surface area contributed by atoms with Crippen LogP contribution in [0.1, 0.15) is 11.3 Å². The molecule has 0 bridgehead atoms. The molecule has 0 unspecified atom stereocenters. The van der Waals surface area contributed by atoms with Gasteiger partial charge >= 0.3 is 0 Å². The van der Waals surface area contributed by atoms with E-state index in [2.05, 4.69) is 58.5 Å². The maximum absolute atomic E-state index is 6.15. The first-order valence-corrected chi connectivity index (χ1v) is 12.9. The number of hydrogen-bond donors (Lipinski definition) is 0. The van der Waals surface area contributed by atoms with E-state index in [1.54, 1.807) is 12.4 Å². The van der Waals surface area contributed by atoms with Crippen molar-refractivity contribution >= 4 is 22.1 Å². The van der Waals surface area contributed by atoms with Crippen LogP contribution in [-0.4, -0.2) is 15.0 Å². The Morgan fingerprint density at radius 3 is 2.08 bits per heavy atom. The fraction of sp³-hybridized carbons (Fsp3) is 0.0571. The number of rotatable bonds is 5. The van der Waals surface area contributed by atoms with E-state index in [4.69, 9.17) is 9.40 Å². The molecule has 0 saturated heterocycles. The van der Waals surface area contributed by atoms with Gasteiger partial charge in [-0.1, -0.05) is 65.5 Å². The van der Waals surface area contributed by atoms with E-state index in [0.717, 1.165) is 57.4 Å². The van der Waals surface area contributed by atoms with Crippen LogP contribution in [0.3, 0.4) is 0 Å². The number of aryl methyl sites for hydroxylation is 2. The van der Waals surface area contributed by atoms with Crippen LogP contribution in [0, 0.1) is 12.1 Å². The van der Waals surface area contributed by atoms with Crippen molar-refractivity contribution in [3.8, 4) is 22.5 Å². The minimum Gasteiger partial charge on any atom is -0.486 e. The summed E-state index contributed by atoms with van der Waals surface area (Å²) in [5.74, 6) is 0. The Morgan fingerprint density at radius 1 is 0.600 bits per heavy atom. The molecule has 3 aromatic carbocycles. The standard InChI is InChI=1S/C24H17N2O.C11H8N.Ir/c1-2-7-17(8-3-1)12-13-18-14-15-20-19-9-6-10-21(22-11-4-5-16-25-22)23(19)27-24(20)26-18;1-2-6-10(7-3-1)11-8-4-5-9-12-11;/h1-9,11,14-16H,12-13H2;1-6,8-9H;/q2*-1;. The fourth-order valence-electron chi connectivity index (χ4n) is 4.49. The van der Waals surface area contributed by atoms with Gasteiger partial charge in [0.25, 0.3) is 0 Å². The molecule has 7 rings (SSSR count). The van der Waals surface area contributed by atoms with Gasteiger partial charge < -0.3 is 14.4 Å². The van der Waals surface area contributed by atoms with Gasteiger partial charge in [0, 0.05) is 43.6 Å². The van der Waals surface area contributed by atoms with Crippen LogP contribution < -0.4 is 0 Å². The summed E-state index contributed by atoms with van der Waals surface area (Å²) in [4.78, 5) is 13.4. The maximum atomic E-state index is 6.15. The van der Waals surface area contributed by atoms with Crippen LogP contribution >= 0.6 is 0 Å². The zero-order valence-electron chi connectivity index (χ0n) is 21.6. The number of fused-ring (bicyclic) bond motifs is 3. The summed E-state index contributed by atoms with van der Waals surface area (Å²) in [6.07, 6.45) is 5.42. The first-order chi connectivity index (χ1) is 19.3. The van der Waals surface area contributed by atoms with Crippen molar-refractivity contribution < 1.29 is 24.5 Å². The summed E-state index contributed by atoms with van der Waals surface area (Å²) in [5.41, 5.74) is 7.55. The number of benzene rings is 3. The topological polar surface area (TPSA) is 51.8 Å². The van der Waals surface area contributed by atoms with E-state index in [0.29, 0.717) is 5.71 Å². The van der Waals surface area contributed by atoms with E-state index < -0.39 is 0 Å². The third-order valence-electron chi connectivity index (χ3n) is 6.44. The first-order valence-electron chi connectivity index (χ1n) is 12.9. The average Bonchev–Trinajstić information content (AvgIpc) is 3.40. The van der Waals surface area contributed by atoms with Gasteiger partial charge in [-0.05, 0) is 54.1 Å². The number of furan rings is 1. The van der Waals surface area contributed by atoms with Crippen molar-refractivity contribution in [1.29, 1.82) is 0 Å². The molecule has 0 aliphatic rings. The Labute approximate surface area is 247 Å². The maximum Gasteiger partial charge on any atom is 0.216 e.